The molecule has 1 aliphatic rings. The Kier molecular flexibility index (Phi) is 8.72. The summed E-state index contributed by atoms with van der Waals surface area (Å²) in [7, 11) is 0. The van der Waals surface area contributed by atoms with Crippen LogP contribution in [0.3, 0.4) is 0 Å². The maximum absolute atomic E-state index is 12.6. The average Bonchev–Trinajstić information content (AvgIpc) is 2.68. The summed E-state index contributed by atoms with van der Waals surface area (Å²) < 4.78 is 37.9. The number of allylic oxidation sites excluding steroid dienone is 3. The Hall–Kier alpha value is -2.81. The largest absolute Gasteiger partial charge is 0.416 e. The van der Waals surface area contributed by atoms with Gasteiger partial charge in [0.05, 0.1) is 5.56 Å². The van der Waals surface area contributed by atoms with Crippen molar-refractivity contribution in [1.29, 1.82) is 5.26 Å². The van der Waals surface area contributed by atoms with E-state index in [1.54, 1.807) is 30.9 Å². The van der Waals surface area contributed by atoms with Gasteiger partial charge in [0.25, 0.3) is 5.91 Å². The summed E-state index contributed by atoms with van der Waals surface area (Å²) >= 11 is 0. The molecule has 0 spiro atoms. The van der Waals surface area contributed by atoms with Crippen molar-refractivity contribution in [2.75, 3.05) is 13.1 Å². The summed E-state index contributed by atoms with van der Waals surface area (Å²) in [6.07, 6.45) is 0.503. The molecule has 1 saturated heterocycles. The smallest absolute Gasteiger partial charge is 0.337 e. The van der Waals surface area contributed by atoms with E-state index in [9.17, 15) is 18.0 Å². The predicted molar refractivity (Wildman–Crippen MR) is 104 cm³/mol. The third-order valence-electron chi connectivity index (χ3n) is 4.41. The van der Waals surface area contributed by atoms with Gasteiger partial charge in [-0.15, -0.1) is 0 Å². The first kappa shape index (κ1) is 23.2. The molecule has 1 atom stereocenters. The Morgan fingerprint density at radius 2 is 1.79 bits per heavy atom. The van der Waals surface area contributed by atoms with E-state index in [0.29, 0.717) is 18.7 Å². The molecule has 1 aliphatic heterocycles. The van der Waals surface area contributed by atoms with Crippen LogP contribution in [0.1, 0.15) is 43.7 Å². The fraction of sp³-hybridized carbons (Fsp3) is 0.364. The number of piperidine rings is 1. The summed E-state index contributed by atoms with van der Waals surface area (Å²) in [5.74, 6) is -0.309. The van der Waals surface area contributed by atoms with Gasteiger partial charge in [-0.25, -0.2) is 0 Å². The van der Waals surface area contributed by atoms with Crippen LogP contribution in [0.4, 0.5) is 13.2 Å². The molecule has 0 aliphatic carbocycles. The Morgan fingerprint density at radius 3 is 2.21 bits per heavy atom. The van der Waals surface area contributed by atoms with Crippen LogP contribution in [0, 0.1) is 11.3 Å². The lowest BCUT2D eigenvalue weighted by Crippen LogP contribution is -2.39. The number of nitrogens with zero attached hydrogens (tertiary/aromatic N) is 2. The molecule has 3 nitrogen and oxygen atoms in total. The van der Waals surface area contributed by atoms with Crippen molar-refractivity contribution in [3.63, 3.8) is 0 Å². The number of nitriles is 1. The number of carbonyl (C=O) groups excluding carboxylic acids is 1. The number of rotatable bonds is 3. The Balaban J connectivity index is 0.000000892. The zero-order chi connectivity index (χ0) is 21.3. The molecule has 0 radical (unpaired) electrons. The Labute approximate surface area is 164 Å². The molecule has 1 fully saturated rings. The number of hydrogen-bond donors (Lipinski definition) is 0. The highest BCUT2D eigenvalue weighted by atomic mass is 19.4. The topological polar surface area (TPSA) is 44.1 Å². The molecule has 0 bridgehead atoms. The van der Waals surface area contributed by atoms with Crippen LogP contribution in [-0.4, -0.2) is 23.9 Å². The summed E-state index contributed by atoms with van der Waals surface area (Å²) in [5, 5.41) is 9.13. The van der Waals surface area contributed by atoms with Gasteiger partial charge < -0.3 is 4.90 Å². The fourth-order valence-electron chi connectivity index (χ4n) is 2.91. The van der Waals surface area contributed by atoms with Crippen LogP contribution >= 0.6 is 0 Å². The SMILES string of the molecule is C=CC=C.CC(C)=C(C#N)C(=O)N1CCCC(c2ccc(C(F)(F)F)cc2)C1. The number of likely N-dealkylation sites (tertiary alicyclic amines) is 1. The van der Waals surface area contributed by atoms with Crippen LogP contribution in [-0.2, 0) is 11.0 Å². The molecule has 0 aromatic heterocycles. The zero-order valence-corrected chi connectivity index (χ0v) is 16.2. The van der Waals surface area contributed by atoms with Crippen LogP contribution in [0.25, 0.3) is 0 Å². The van der Waals surface area contributed by atoms with E-state index in [1.807, 2.05) is 6.07 Å². The van der Waals surface area contributed by atoms with Gasteiger partial charge in [-0.3, -0.25) is 4.79 Å². The summed E-state index contributed by atoms with van der Waals surface area (Å²) in [4.78, 5) is 14.1. The van der Waals surface area contributed by atoms with Gasteiger partial charge in [-0.2, -0.15) is 18.4 Å². The minimum atomic E-state index is -4.35. The summed E-state index contributed by atoms with van der Waals surface area (Å²) in [6.45, 7) is 11.1. The number of alkyl halides is 3. The van der Waals surface area contributed by atoms with Gasteiger partial charge in [-0.05, 0) is 44.4 Å². The molecule has 2 rings (SSSR count). The monoisotopic (exact) mass is 390 g/mol. The number of benzene rings is 1. The fourth-order valence-corrected chi connectivity index (χ4v) is 2.91. The van der Waals surface area contributed by atoms with Gasteiger partial charge in [-0.1, -0.05) is 43.0 Å². The van der Waals surface area contributed by atoms with E-state index in [2.05, 4.69) is 13.2 Å². The first-order valence-corrected chi connectivity index (χ1v) is 8.93. The molecular weight excluding hydrogens is 365 g/mol. The molecule has 28 heavy (non-hydrogen) atoms. The van der Waals surface area contributed by atoms with Crippen LogP contribution in [0.5, 0.6) is 0 Å². The second-order valence-electron chi connectivity index (χ2n) is 6.67. The molecule has 0 N–H and O–H groups in total. The zero-order valence-electron chi connectivity index (χ0n) is 16.2. The highest BCUT2D eigenvalue weighted by Crippen LogP contribution is 2.32. The quantitative estimate of drug-likeness (QED) is 0.381. The van der Waals surface area contributed by atoms with Gasteiger partial charge in [0.1, 0.15) is 11.6 Å². The number of amides is 1. The van der Waals surface area contributed by atoms with E-state index in [-0.39, 0.29) is 17.4 Å². The molecule has 1 unspecified atom stereocenters. The van der Waals surface area contributed by atoms with Gasteiger partial charge in [0.2, 0.25) is 0 Å². The first-order valence-electron chi connectivity index (χ1n) is 8.93. The molecule has 150 valence electrons. The molecule has 1 heterocycles. The molecule has 0 saturated carbocycles. The van der Waals surface area contributed by atoms with Gasteiger partial charge >= 0.3 is 6.18 Å². The molecule has 1 aromatic rings. The Bertz CT molecular complexity index is 760. The standard InChI is InChI=1S/C18H19F3N2O.C4H6/c1-12(2)16(10-22)17(24)23-9-3-4-14(11-23)13-5-7-15(8-6-13)18(19,20)21;1-3-4-2/h5-8,14H,3-4,9,11H2,1-2H3;3-4H,1-2H2. The van der Waals surface area contributed by atoms with Gasteiger partial charge in [0, 0.05) is 19.0 Å². The van der Waals surface area contributed by atoms with Gasteiger partial charge in [0.15, 0.2) is 0 Å². The van der Waals surface area contributed by atoms with Crippen LogP contribution < -0.4 is 0 Å². The summed E-state index contributed by atoms with van der Waals surface area (Å²) in [6, 6.07) is 7.05. The lowest BCUT2D eigenvalue weighted by Gasteiger charge is -2.33. The van der Waals surface area contributed by atoms with E-state index >= 15 is 0 Å². The molecule has 1 aromatic carbocycles. The maximum atomic E-state index is 12.6. The third-order valence-corrected chi connectivity index (χ3v) is 4.41. The van der Waals surface area contributed by atoms with Crippen LogP contribution in [0.15, 0.2) is 60.7 Å². The van der Waals surface area contributed by atoms with E-state index in [1.165, 1.54) is 12.1 Å². The lowest BCUT2D eigenvalue weighted by molar-refractivity contribution is -0.137. The minimum absolute atomic E-state index is 0.0120. The van der Waals surface area contributed by atoms with E-state index in [4.69, 9.17) is 5.26 Å². The van der Waals surface area contributed by atoms with Crippen molar-refractivity contribution in [1.82, 2.24) is 4.90 Å². The lowest BCUT2D eigenvalue weighted by atomic mass is 9.89. The first-order chi connectivity index (χ1) is 13.1. The van der Waals surface area contributed by atoms with Crippen LogP contribution in [0.2, 0.25) is 0 Å². The Morgan fingerprint density at radius 1 is 1.21 bits per heavy atom. The second kappa shape index (κ2) is 10.5. The number of hydrogen-bond acceptors (Lipinski definition) is 2. The normalized spacial score (nSPS) is 16.1. The number of carbonyl (C=O) groups is 1. The second-order valence-corrected chi connectivity index (χ2v) is 6.67. The average molecular weight is 390 g/mol. The summed E-state index contributed by atoms with van der Waals surface area (Å²) in [5.41, 5.74) is 0.921. The van der Waals surface area contributed by atoms with Crippen molar-refractivity contribution in [2.45, 2.75) is 38.8 Å². The van der Waals surface area contributed by atoms with E-state index < -0.39 is 11.7 Å². The molecule has 6 heteroatoms. The minimum Gasteiger partial charge on any atom is -0.337 e. The van der Waals surface area contributed by atoms with Crippen molar-refractivity contribution < 1.29 is 18.0 Å². The third kappa shape index (κ3) is 6.41. The molecular formula is C22H25F3N2O. The maximum Gasteiger partial charge on any atom is 0.416 e. The van der Waals surface area contributed by atoms with E-state index in [0.717, 1.165) is 30.5 Å². The van der Waals surface area contributed by atoms with Crippen molar-refractivity contribution >= 4 is 5.91 Å². The highest BCUT2D eigenvalue weighted by molar-refractivity contribution is 5.98. The predicted octanol–water partition coefficient (Wildman–Crippen LogP) is 5.63. The van der Waals surface area contributed by atoms with Crippen molar-refractivity contribution in [3.05, 3.63) is 71.8 Å². The van der Waals surface area contributed by atoms with Crippen molar-refractivity contribution in [3.8, 4) is 6.07 Å². The van der Waals surface area contributed by atoms with Crippen molar-refractivity contribution in [2.24, 2.45) is 0 Å². The highest BCUT2D eigenvalue weighted by Gasteiger charge is 2.31. The number of halogens is 3. The molecule has 1 amide bonds.